The number of hydrogen-bond donors (Lipinski definition) is 1. The summed E-state index contributed by atoms with van der Waals surface area (Å²) >= 11 is 5.50. The van der Waals surface area contributed by atoms with Crippen molar-refractivity contribution in [2.45, 2.75) is 12.8 Å². The molecule has 0 saturated heterocycles. The van der Waals surface area contributed by atoms with Crippen molar-refractivity contribution < 1.29 is 8.78 Å². The predicted molar refractivity (Wildman–Crippen MR) is 48.8 cm³/mol. The SMILES string of the molecule is CC(CN)c1c(F)ccc(Cl)c1F. The molecule has 0 aromatic heterocycles. The molecule has 0 fully saturated rings. The summed E-state index contributed by atoms with van der Waals surface area (Å²) in [5, 5.41) is -0.0725. The normalized spacial score (nSPS) is 13.0. The van der Waals surface area contributed by atoms with Crippen LogP contribution in [0.4, 0.5) is 8.78 Å². The number of benzene rings is 1. The first kappa shape index (κ1) is 10.4. The third-order valence-corrected chi connectivity index (χ3v) is 2.22. The first-order valence-corrected chi connectivity index (χ1v) is 4.29. The maximum Gasteiger partial charge on any atom is 0.148 e. The lowest BCUT2D eigenvalue weighted by Gasteiger charge is -2.11. The van der Waals surface area contributed by atoms with Crippen LogP contribution in [0.15, 0.2) is 12.1 Å². The van der Waals surface area contributed by atoms with Gasteiger partial charge in [-0.2, -0.15) is 0 Å². The molecule has 4 heteroatoms. The van der Waals surface area contributed by atoms with Crippen LogP contribution in [0.3, 0.4) is 0 Å². The van der Waals surface area contributed by atoms with Crippen LogP contribution >= 0.6 is 11.6 Å². The third kappa shape index (κ3) is 1.98. The molecule has 1 aromatic carbocycles. The van der Waals surface area contributed by atoms with Gasteiger partial charge >= 0.3 is 0 Å². The number of nitrogens with two attached hydrogens (primary N) is 1. The molecule has 0 aliphatic rings. The molecule has 1 nitrogen and oxygen atoms in total. The summed E-state index contributed by atoms with van der Waals surface area (Å²) in [6.07, 6.45) is 0. The molecule has 13 heavy (non-hydrogen) atoms. The van der Waals surface area contributed by atoms with E-state index in [0.717, 1.165) is 6.07 Å². The summed E-state index contributed by atoms with van der Waals surface area (Å²) in [6.45, 7) is 1.84. The number of rotatable bonds is 2. The molecule has 0 saturated carbocycles. The molecule has 0 amide bonds. The Morgan fingerprint density at radius 2 is 2.08 bits per heavy atom. The van der Waals surface area contributed by atoms with E-state index in [-0.39, 0.29) is 23.0 Å². The van der Waals surface area contributed by atoms with E-state index < -0.39 is 11.6 Å². The third-order valence-electron chi connectivity index (χ3n) is 1.93. The Morgan fingerprint density at radius 1 is 1.46 bits per heavy atom. The average Bonchev–Trinajstić information content (AvgIpc) is 2.12. The minimum Gasteiger partial charge on any atom is -0.330 e. The van der Waals surface area contributed by atoms with Crippen LogP contribution in [0.2, 0.25) is 5.02 Å². The van der Waals surface area contributed by atoms with E-state index in [1.807, 2.05) is 0 Å². The van der Waals surface area contributed by atoms with Gasteiger partial charge in [0.1, 0.15) is 11.6 Å². The molecule has 72 valence electrons. The molecule has 0 bridgehead atoms. The summed E-state index contributed by atoms with van der Waals surface area (Å²) < 4.78 is 26.4. The van der Waals surface area contributed by atoms with E-state index in [4.69, 9.17) is 17.3 Å². The molecule has 1 unspecified atom stereocenters. The Balaban J connectivity index is 3.25. The fourth-order valence-electron chi connectivity index (χ4n) is 1.11. The zero-order valence-corrected chi connectivity index (χ0v) is 7.91. The highest BCUT2D eigenvalue weighted by Crippen LogP contribution is 2.26. The standard InChI is InChI=1S/C9H10ClF2N/c1-5(4-13)8-7(11)3-2-6(10)9(8)12/h2-3,5H,4,13H2,1H3. The Bertz CT molecular complexity index is 315. The van der Waals surface area contributed by atoms with E-state index in [2.05, 4.69) is 0 Å². The van der Waals surface area contributed by atoms with Crippen LogP contribution in [0.5, 0.6) is 0 Å². The topological polar surface area (TPSA) is 26.0 Å². The van der Waals surface area contributed by atoms with Gasteiger partial charge in [-0.25, -0.2) is 8.78 Å². The van der Waals surface area contributed by atoms with Crippen molar-refractivity contribution in [3.63, 3.8) is 0 Å². The number of hydrogen-bond acceptors (Lipinski definition) is 1. The van der Waals surface area contributed by atoms with E-state index in [0.29, 0.717) is 0 Å². The Labute approximate surface area is 80.5 Å². The van der Waals surface area contributed by atoms with Gasteiger partial charge in [0.25, 0.3) is 0 Å². The van der Waals surface area contributed by atoms with Gasteiger partial charge in [-0.05, 0) is 24.6 Å². The molecule has 2 N–H and O–H groups in total. The lowest BCUT2D eigenvalue weighted by Crippen LogP contribution is -2.12. The highest BCUT2D eigenvalue weighted by molar-refractivity contribution is 6.30. The van der Waals surface area contributed by atoms with Crippen molar-refractivity contribution >= 4 is 11.6 Å². The lowest BCUT2D eigenvalue weighted by molar-refractivity contribution is 0.534. The maximum absolute atomic E-state index is 13.3. The van der Waals surface area contributed by atoms with Gasteiger partial charge in [0, 0.05) is 5.56 Å². The molecule has 0 heterocycles. The minimum absolute atomic E-state index is 0.0324. The smallest absolute Gasteiger partial charge is 0.148 e. The van der Waals surface area contributed by atoms with Gasteiger partial charge in [0.05, 0.1) is 5.02 Å². The van der Waals surface area contributed by atoms with Gasteiger partial charge in [0.2, 0.25) is 0 Å². The largest absolute Gasteiger partial charge is 0.330 e. The maximum atomic E-state index is 13.3. The molecular formula is C9H10ClF2N. The van der Waals surface area contributed by atoms with Gasteiger partial charge in [-0.1, -0.05) is 18.5 Å². The quantitative estimate of drug-likeness (QED) is 0.739. The summed E-state index contributed by atoms with van der Waals surface area (Å²) in [7, 11) is 0. The van der Waals surface area contributed by atoms with E-state index in [1.54, 1.807) is 6.92 Å². The van der Waals surface area contributed by atoms with Crippen molar-refractivity contribution in [1.29, 1.82) is 0 Å². The first-order chi connectivity index (χ1) is 6.07. The fraction of sp³-hybridized carbons (Fsp3) is 0.333. The molecule has 0 aliphatic heterocycles. The highest BCUT2D eigenvalue weighted by atomic mass is 35.5. The van der Waals surface area contributed by atoms with Crippen molar-refractivity contribution in [3.05, 3.63) is 34.4 Å². The van der Waals surface area contributed by atoms with E-state index in [1.165, 1.54) is 6.07 Å². The minimum atomic E-state index is -0.709. The summed E-state index contributed by atoms with van der Waals surface area (Å²) in [5.74, 6) is -1.67. The van der Waals surface area contributed by atoms with Crippen LogP contribution < -0.4 is 5.73 Å². The number of halogens is 3. The Hall–Kier alpha value is -0.670. The molecule has 1 rings (SSSR count). The average molecular weight is 206 g/mol. The van der Waals surface area contributed by atoms with Gasteiger partial charge in [0.15, 0.2) is 0 Å². The van der Waals surface area contributed by atoms with Crippen molar-refractivity contribution in [2.75, 3.05) is 6.54 Å². The second-order valence-electron chi connectivity index (χ2n) is 2.89. The summed E-state index contributed by atoms with van der Waals surface area (Å²) in [4.78, 5) is 0. The molecule has 0 spiro atoms. The van der Waals surface area contributed by atoms with Crippen molar-refractivity contribution in [1.82, 2.24) is 0 Å². The molecular weight excluding hydrogens is 196 g/mol. The van der Waals surface area contributed by atoms with Crippen LogP contribution in [0.25, 0.3) is 0 Å². The van der Waals surface area contributed by atoms with Crippen LogP contribution in [0.1, 0.15) is 18.4 Å². The van der Waals surface area contributed by atoms with Crippen molar-refractivity contribution in [3.8, 4) is 0 Å². The second kappa shape index (κ2) is 4.03. The van der Waals surface area contributed by atoms with Gasteiger partial charge in [-0.15, -0.1) is 0 Å². The molecule has 1 atom stereocenters. The van der Waals surface area contributed by atoms with E-state index >= 15 is 0 Å². The molecule has 1 aromatic rings. The van der Waals surface area contributed by atoms with Crippen LogP contribution in [-0.2, 0) is 0 Å². The van der Waals surface area contributed by atoms with Crippen molar-refractivity contribution in [2.24, 2.45) is 5.73 Å². The predicted octanol–water partition coefficient (Wildman–Crippen LogP) is 2.68. The Kier molecular flexibility index (Phi) is 3.22. The van der Waals surface area contributed by atoms with E-state index in [9.17, 15) is 8.78 Å². The van der Waals surface area contributed by atoms with Gasteiger partial charge in [-0.3, -0.25) is 0 Å². The van der Waals surface area contributed by atoms with Crippen LogP contribution in [0, 0.1) is 11.6 Å². The fourth-order valence-corrected chi connectivity index (χ4v) is 1.28. The van der Waals surface area contributed by atoms with Crippen LogP contribution in [-0.4, -0.2) is 6.54 Å². The summed E-state index contributed by atoms with van der Waals surface area (Å²) in [6, 6.07) is 2.34. The Morgan fingerprint density at radius 3 is 2.62 bits per heavy atom. The lowest BCUT2D eigenvalue weighted by atomic mass is 10.0. The summed E-state index contributed by atoms with van der Waals surface area (Å²) in [5.41, 5.74) is 5.28. The zero-order valence-electron chi connectivity index (χ0n) is 7.15. The van der Waals surface area contributed by atoms with Gasteiger partial charge < -0.3 is 5.73 Å². The zero-order chi connectivity index (χ0) is 10.0. The molecule has 0 aliphatic carbocycles. The highest BCUT2D eigenvalue weighted by Gasteiger charge is 2.17. The second-order valence-corrected chi connectivity index (χ2v) is 3.30. The first-order valence-electron chi connectivity index (χ1n) is 3.91. The monoisotopic (exact) mass is 205 g/mol. The molecule has 0 radical (unpaired) electrons.